The third-order valence-electron chi connectivity index (χ3n) is 6.19. The maximum Gasteiger partial charge on any atom is 0.230 e. The Morgan fingerprint density at radius 1 is 0.967 bits per heavy atom. The van der Waals surface area contributed by atoms with Crippen LogP contribution in [0.4, 0.5) is 17.7 Å². The van der Waals surface area contributed by atoms with E-state index in [1.165, 1.54) is 10.4 Å². The van der Waals surface area contributed by atoms with Crippen LogP contribution in [-0.4, -0.2) is 56.0 Å². The summed E-state index contributed by atoms with van der Waals surface area (Å²) >= 11 is 1.69. The second-order valence-electron chi connectivity index (χ2n) is 8.26. The minimum atomic E-state index is 0.0898. The van der Waals surface area contributed by atoms with E-state index in [-0.39, 0.29) is 6.04 Å². The summed E-state index contributed by atoms with van der Waals surface area (Å²) in [5.74, 6) is 3.68. The fourth-order valence-electron chi connectivity index (χ4n) is 4.02. The first-order valence-electron chi connectivity index (χ1n) is 10.4. The van der Waals surface area contributed by atoms with E-state index in [9.17, 15) is 0 Å². The number of nitrogen functional groups attached to an aromatic ring is 2. The van der Waals surface area contributed by atoms with Crippen molar-refractivity contribution in [2.75, 3.05) is 42.5 Å². The number of aromatic nitrogens is 5. The Morgan fingerprint density at radius 3 is 2.40 bits per heavy atom. The molecule has 4 N–H and O–H groups in total. The van der Waals surface area contributed by atoms with Crippen LogP contribution in [-0.2, 0) is 0 Å². The highest BCUT2D eigenvalue weighted by Gasteiger charge is 2.30. The van der Waals surface area contributed by atoms with E-state index in [4.69, 9.17) is 16.5 Å². The van der Waals surface area contributed by atoms with Crippen molar-refractivity contribution in [1.82, 2.24) is 29.8 Å². The zero-order chi connectivity index (χ0) is 21.0. The molecule has 1 saturated carbocycles. The van der Waals surface area contributed by atoms with Gasteiger partial charge in [-0.25, -0.2) is 9.97 Å². The Kier molecular flexibility index (Phi) is 4.70. The van der Waals surface area contributed by atoms with Gasteiger partial charge in [0.2, 0.25) is 11.9 Å². The van der Waals surface area contributed by atoms with Crippen molar-refractivity contribution in [3.63, 3.8) is 0 Å². The van der Waals surface area contributed by atoms with Gasteiger partial charge in [-0.05, 0) is 39.2 Å². The number of rotatable bonds is 4. The number of piperazine rings is 1. The van der Waals surface area contributed by atoms with Crippen LogP contribution < -0.4 is 16.4 Å². The molecule has 0 bridgehead atoms. The van der Waals surface area contributed by atoms with Crippen LogP contribution in [0.3, 0.4) is 0 Å². The monoisotopic (exact) mass is 425 g/mol. The summed E-state index contributed by atoms with van der Waals surface area (Å²) in [4.78, 5) is 29.6. The first kappa shape index (κ1) is 19.4. The Labute approximate surface area is 179 Å². The van der Waals surface area contributed by atoms with Gasteiger partial charge in [0.25, 0.3) is 0 Å². The quantitative estimate of drug-likeness (QED) is 0.648. The molecule has 1 unspecified atom stereocenters. The number of aryl methyl sites for hydroxylation is 2. The number of hydrogen-bond donors (Lipinski definition) is 2. The highest BCUT2D eigenvalue weighted by Crippen LogP contribution is 2.38. The molecule has 158 valence electrons. The maximum absolute atomic E-state index is 6.29. The molecule has 0 radical (unpaired) electrons. The van der Waals surface area contributed by atoms with Crippen LogP contribution in [0.15, 0.2) is 0 Å². The molecule has 9 nitrogen and oxygen atoms in total. The highest BCUT2D eigenvalue weighted by molar-refractivity contribution is 7.18. The smallest absolute Gasteiger partial charge is 0.230 e. The molecule has 30 heavy (non-hydrogen) atoms. The first-order chi connectivity index (χ1) is 14.4. The number of nitrogens with zero attached hydrogens (tertiary/aromatic N) is 7. The minimum Gasteiger partial charge on any atom is -0.383 e. The number of nitrogens with two attached hydrogens (primary N) is 2. The van der Waals surface area contributed by atoms with Crippen LogP contribution >= 0.6 is 11.3 Å². The minimum absolute atomic E-state index is 0.0898. The van der Waals surface area contributed by atoms with E-state index in [1.807, 2.05) is 0 Å². The van der Waals surface area contributed by atoms with Crippen molar-refractivity contribution in [2.45, 2.75) is 45.6 Å². The van der Waals surface area contributed by atoms with Crippen LogP contribution in [0, 0.1) is 13.8 Å². The Balaban J connectivity index is 1.31. The van der Waals surface area contributed by atoms with Crippen molar-refractivity contribution < 1.29 is 0 Å². The summed E-state index contributed by atoms with van der Waals surface area (Å²) in [5.41, 5.74) is 13.4. The van der Waals surface area contributed by atoms with Crippen molar-refractivity contribution in [3.05, 3.63) is 22.1 Å². The third kappa shape index (κ3) is 3.43. The fourth-order valence-corrected chi connectivity index (χ4v) is 5.06. The average Bonchev–Trinajstić information content (AvgIpc) is 3.53. The van der Waals surface area contributed by atoms with Gasteiger partial charge in [0.1, 0.15) is 22.3 Å². The summed E-state index contributed by atoms with van der Waals surface area (Å²) in [6, 6.07) is 0.0898. The number of hydrogen-bond acceptors (Lipinski definition) is 10. The Hall–Kier alpha value is -2.59. The fraction of sp³-hybridized carbons (Fsp3) is 0.550. The molecule has 3 aromatic heterocycles. The van der Waals surface area contributed by atoms with E-state index in [1.54, 1.807) is 11.3 Å². The van der Waals surface area contributed by atoms with Gasteiger partial charge in [-0.2, -0.15) is 15.0 Å². The zero-order valence-electron chi connectivity index (χ0n) is 17.6. The molecule has 1 aliphatic heterocycles. The van der Waals surface area contributed by atoms with Gasteiger partial charge in [0, 0.05) is 37.0 Å². The molecule has 5 rings (SSSR count). The molecular weight excluding hydrogens is 398 g/mol. The second kappa shape index (κ2) is 7.28. The molecule has 3 aromatic rings. The molecule has 0 aromatic carbocycles. The lowest BCUT2D eigenvalue weighted by Crippen LogP contribution is -2.48. The van der Waals surface area contributed by atoms with Crippen LogP contribution in [0.1, 0.15) is 53.8 Å². The van der Waals surface area contributed by atoms with Crippen LogP contribution in [0.25, 0.3) is 10.2 Å². The van der Waals surface area contributed by atoms with Gasteiger partial charge in [-0.3, -0.25) is 4.90 Å². The molecule has 4 heterocycles. The Morgan fingerprint density at radius 2 is 1.70 bits per heavy atom. The van der Waals surface area contributed by atoms with Crippen molar-refractivity contribution in [2.24, 2.45) is 0 Å². The largest absolute Gasteiger partial charge is 0.383 e. The second-order valence-corrected chi connectivity index (χ2v) is 9.46. The summed E-state index contributed by atoms with van der Waals surface area (Å²) < 4.78 is 0. The standard InChI is InChI=1S/C20H27N9S/c1-10-12(3)30-18-14(10)15(21)23-16(24-18)11(2)28-6-8-29(9-7-28)20-26-17(13-4-5-13)25-19(22)27-20/h11,13H,4-9H2,1-3H3,(H2,21,23,24)(H2,22,25,26,27). The van der Waals surface area contributed by atoms with E-state index >= 15 is 0 Å². The topological polar surface area (TPSA) is 123 Å². The van der Waals surface area contributed by atoms with E-state index in [0.29, 0.717) is 23.6 Å². The number of anilines is 3. The van der Waals surface area contributed by atoms with Crippen molar-refractivity contribution >= 4 is 39.3 Å². The van der Waals surface area contributed by atoms with Crippen LogP contribution in [0.5, 0.6) is 0 Å². The van der Waals surface area contributed by atoms with Gasteiger partial charge in [0.05, 0.1) is 11.4 Å². The molecule has 1 saturated heterocycles. The van der Waals surface area contributed by atoms with Gasteiger partial charge >= 0.3 is 0 Å². The molecule has 1 atom stereocenters. The molecule has 2 aliphatic rings. The highest BCUT2D eigenvalue weighted by atomic mass is 32.1. The summed E-state index contributed by atoms with van der Waals surface area (Å²) in [5, 5.41) is 0.997. The maximum atomic E-state index is 6.29. The predicted octanol–water partition coefficient (Wildman–Crippen LogP) is 2.42. The average molecular weight is 426 g/mol. The lowest BCUT2D eigenvalue weighted by Gasteiger charge is -2.37. The van der Waals surface area contributed by atoms with Gasteiger partial charge in [-0.15, -0.1) is 11.3 Å². The molecule has 0 amide bonds. The lowest BCUT2D eigenvalue weighted by molar-refractivity contribution is 0.191. The predicted molar refractivity (Wildman–Crippen MR) is 120 cm³/mol. The molecular formula is C20H27N9S. The molecule has 1 aliphatic carbocycles. The third-order valence-corrected chi connectivity index (χ3v) is 7.29. The van der Waals surface area contributed by atoms with Crippen molar-refractivity contribution in [3.8, 4) is 0 Å². The van der Waals surface area contributed by atoms with Crippen molar-refractivity contribution in [1.29, 1.82) is 0 Å². The number of thiophene rings is 1. The molecule has 0 spiro atoms. The van der Waals surface area contributed by atoms with E-state index < -0.39 is 0 Å². The number of fused-ring (bicyclic) bond motifs is 1. The van der Waals surface area contributed by atoms with Gasteiger partial charge in [0.15, 0.2) is 0 Å². The molecule has 2 fully saturated rings. The molecule has 10 heteroatoms. The summed E-state index contributed by atoms with van der Waals surface area (Å²) in [6.45, 7) is 9.73. The normalized spacial score (nSPS) is 18.8. The SMILES string of the molecule is Cc1sc2nc(C(C)N3CCN(c4nc(N)nc(C5CC5)n4)CC3)nc(N)c2c1C. The van der Waals surface area contributed by atoms with E-state index in [0.717, 1.165) is 60.9 Å². The van der Waals surface area contributed by atoms with Gasteiger partial charge < -0.3 is 16.4 Å². The summed E-state index contributed by atoms with van der Waals surface area (Å²) in [6.07, 6.45) is 2.29. The van der Waals surface area contributed by atoms with Gasteiger partial charge in [-0.1, -0.05) is 0 Å². The Bertz CT molecular complexity index is 1100. The zero-order valence-corrected chi connectivity index (χ0v) is 18.4. The lowest BCUT2D eigenvalue weighted by atomic mass is 10.2. The first-order valence-corrected chi connectivity index (χ1v) is 11.3. The van der Waals surface area contributed by atoms with Crippen LogP contribution in [0.2, 0.25) is 0 Å². The summed E-state index contributed by atoms with van der Waals surface area (Å²) in [7, 11) is 0. The van der Waals surface area contributed by atoms with E-state index in [2.05, 4.69) is 50.5 Å².